The standard InChI is InChI=1S/C12H18O3S/c1-7(2)8(3)16-9(4)10-5-6-11(15-10)12(13)14/h5-9H,1-4H3,(H,13,14). The SMILES string of the molecule is CC(SC(C)C(C)C)c1ccc(C(=O)O)o1. The van der Waals surface area contributed by atoms with E-state index in [1.54, 1.807) is 17.8 Å². The van der Waals surface area contributed by atoms with Crippen LogP contribution < -0.4 is 0 Å². The maximum absolute atomic E-state index is 10.7. The molecule has 0 bridgehead atoms. The number of carbonyl (C=O) groups is 1. The maximum Gasteiger partial charge on any atom is 0.371 e. The molecular weight excluding hydrogens is 224 g/mol. The molecule has 0 fully saturated rings. The zero-order chi connectivity index (χ0) is 12.3. The second-order valence-corrected chi connectivity index (χ2v) is 5.96. The van der Waals surface area contributed by atoms with Crippen LogP contribution >= 0.6 is 11.8 Å². The fourth-order valence-electron chi connectivity index (χ4n) is 1.23. The molecule has 0 aliphatic carbocycles. The second kappa shape index (κ2) is 5.43. The van der Waals surface area contributed by atoms with Gasteiger partial charge in [-0.25, -0.2) is 4.79 Å². The molecule has 90 valence electrons. The minimum absolute atomic E-state index is 0.0136. The van der Waals surface area contributed by atoms with Gasteiger partial charge < -0.3 is 9.52 Å². The summed E-state index contributed by atoms with van der Waals surface area (Å²) in [6.45, 7) is 8.56. The first-order chi connectivity index (χ1) is 7.41. The van der Waals surface area contributed by atoms with E-state index in [-0.39, 0.29) is 11.0 Å². The summed E-state index contributed by atoms with van der Waals surface area (Å²) >= 11 is 1.80. The zero-order valence-electron chi connectivity index (χ0n) is 10.1. The van der Waals surface area contributed by atoms with E-state index in [4.69, 9.17) is 9.52 Å². The van der Waals surface area contributed by atoms with Gasteiger partial charge in [-0.05, 0) is 25.0 Å². The Balaban J connectivity index is 2.65. The van der Waals surface area contributed by atoms with Crippen LogP contribution in [0.1, 0.15) is 49.3 Å². The zero-order valence-corrected chi connectivity index (χ0v) is 10.9. The predicted molar refractivity (Wildman–Crippen MR) is 66.0 cm³/mol. The van der Waals surface area contributed by atoms with Gasteiger partial charge in [-0.2, -0.15) is 0 Å². The molecule has 1 rings (SSSR count). The molecule has 0 aliphatic rings. The monoisotopic (exact) mass is 242 g/mol. The van der Waals surface area contributed by atoms with Crippen molar-refractivity contribution in [2.24, 2.45) is 5.92 Å². The molecule has 0 aliphatic heterocycles. The number of carboxylic acids is 1. The second-order valence-electron chi connectivity index (χ2n) is 4.23. The molecule has 0 radical (unpaired) electrons. The molecule has 0 saturated carbocycles. The first-order valence-corrected chi connectivity index (χ1v) is 6.34. The Morgan fingerprint density at radius 3 is 2.38 bits per heavy atom. The van der Waals surface area contributed by atoms with Gasteiger partial charge in [0.05, 0.1) is 5.25 Å². The molecule has 1 aromatic heterocycles. The normalized spacial score (nSPS) is 15.1. The van der Waals surface area contributed by atoms with Gasteiger partial charge in [0.25, 0.3) is 0 Å². The molecular formula is C12H18O3S. The highest BCUT2D eigenvalue weighted by molar-refractivity contribution is 8.00. The molecule has 0 spiro atoms. The summed E-state index contributed by atoms with van der Waals surface area (Å²) in [6, 6.07) is 3.25. The number of furan rings is 1. The van der Waals surface area contributed by atoms with Crippen LogP contribution in [0.15, 0.2) is 16.5 Å². The predicted octanol–water partition coefficient (Wildman–Crippen LogP) is 3.82. The number of aromatic carboxylic acids is 1. The summed E-state index contributed by atoms with van der Waals surface area (Å²) in [4.78, 5) is 10.7. The minimum Gasteiger partial charge on any atom is -0.475 e. The smallest absolute Gasteiger partial charge is 0.371 e. The molecule has 2 atom stereocenters. The Morgan fingerprint density at radius 1 is 1.31 bits per heavy atom. The van der Waals surface area contributed by atoms with Crippen LogP contribution in [0.3, 0.4) is 0 Å². The van der Waals surface area contributed by atoms with Crippen LogP contribution in [0.2, 0.25) is 0 Å². The van der Waals surface area contributed by atoms with Crippen molar-refractivity contribution in [1.29, 1.82) is 0 Å². The molecule has 16 heavy (non-hydrogen) atoms. The van der Waals surface area contributed by atoms with Crippen LogP contribution in [0, 0.1) is 5.92 Å². The topological polar surface area (TPSA) is 50.4 Å². The number of hydrogen-bond acceptors (Lipinski definition) is 3. The molecule has 0 saturated heterocycles. The third kappa shape index (κ3) is 3.30. The van der Waals surface area contributed by atoms with E-state index >= 15 is 0 Å². The molecule has 1 N–H and O–H groups in total. The lowest BCUT2D eigenvalue weighted by molar-refractivity contribution is 0.0660. The van der Waals surface area contributed by atoms with E-state index in [0.29, 0.717) is 11.2 Å². The van der Waals surface area contributed by atoms with E-state index in [0.717, 1.165) is 5.76 Å². The van der Waals surface area contributed by atoms with Crippen molar-refractivity contribution >= 4 is 17.7 Å². The minimum atomic E-state index is -1.01. The Kier molecular flexibility index (Phi) is 4.47. The molecule has 1 heterocycles. The third-order valence-corrected chi connectivity index (χ3v) is 4.21. The fraction of sp³-hybridized carbons (Fsp3) is 0.583. The van der Waals surface area contributed by atoms with E-state index in [2.05, 4.69) is 20.8 Å². The van der Waals surface area contributed by atoms with E-state index in [9.17, 15) is 4.79 Å². The Labute approximate surface area is 100 Å². The highest BCUT2D eigenvalue weighted by atomic mass is 32.2. The van der Waals surface area contributed by atoms with Gasteiger partial charge in [-0.3, -0.25) is 0 Å². The lowest BCUT2D eigenvalue weighted by Gasteiger charge is -2.18. The molecule has 1 aromatic rings. The van der Waals surface area contributed by atoms with Crippen LogP contribution in [0.25, 0.3) is 0 Å². The van der Waals surface area contributed by atoms with Crippen LogP contribution in [0.4, 0.5) is 0 Å². The van der Waals surface area contributed by atoms with Crippen molar-refractivity contribution in [1.82, 2.24) is 0 Å². The van der Waals surface area contributed by atoms with Gasteiger partial charge in [0.2, 0.25) is 5.76 Å². The van der Waals surface area contributed by atoms with Gasteiger partial charge in [-0.1, -0.05) is 20.8 Å². The highest BCUT2D eigenvalue weighted by Gasteiger charge is 2.18. The lowest BCUT2D eigenvalue weighted by Crippen LogP contribution is -2.07. The summed E-state index contributed by atoms with van der Waals surface area (Å²) in [5, 5.41) is 9.46. The van der Waals surface area contributed by atoms with Crippen LogP contribution in [-0.2, 0) is 0 Å². The summed E-state index contributed by atoms with van der Waals surface area (Å²) in [5.74, 6) is 0.330. The Bertz CT molecular complexity index is 357. The Morgan fingerprint density at radius 2 is 1.94 bits per heavy atom. The maximum atomic E-state index is 10.7. The van der Waals surface area contributed by atoms with Gasteiger partial charge in [0.15, 0.2) is 0 Å². The fourth-order valence-corrected chi connectivity index (χ4v) is 2.45. The van der Waals surface area contributed by atoms with Crippen LogP contribution in [0.5, 0.6) is 0 Å². The van der Waals surface area contributed by atoms with Crippen molar-refractivity contribution in [2.75, 3.05) is 0 Å². The van der Waals surface area contributed by atoms with Gasteiger partial charge in [-0.15, -0.1) is 11.8 Å². The average molecular weight is 242 g/mol. The van der Waals surface area contributed by atoms with Crippen molar-refractivity contribution in [3.8, 4) is 0 Å². The van der Waals surface area contributed by atoms with Crippen LogP contribution in [-0.4, -0.2) is 16.3 Å². The number of carboxylic acid groups (broad SMARTS) is 1. The van der Waals surface area contributed by atoms with Crippen molar-refractivity contribution in [3.63, 3.8) is 0 Å². The van der Waals surface area contributed by atoms with E-state index in [1.165, 1.54) is 6.07 Å². The summed E-state index contributed by atoms with van der Waals surface area (Å²) in [7, 11) is 0. The highest BCUT2D eigenvalue weighted by Crippen LogP contribution is 2.35. The first kappa shape index (κ1) is 13.2. The van der Waals surface area contributed by atoms with Crippen molar-refractivity contribution < 1.29 is 14.3 Å². The van der Waals surface area contributed by atoms with Gasteiger partial charge in [0.1, 0.15) is 5.76 Å². The van der Waals surface area contributed by atoms with E-state index < -0.39 is 5.97 Å². The van der Waals surface area contributed by atoms with Crippen molar-refractivity contribution in [3.05, 3.63) is 23.7 Å². The summed E-state index contributed by atoms with van der Waals surface area (Å²) in [5.41, 5.74) is 0. The quantitative estimate of drug-likeness (QED) is 0.852. The summed E-state index contributed by atoms with van der Waals surface area (Å²) in [6.07, 6.45) is 0. The van der Waals surface area contributed by atoms with E-state index in [1.807, 2.05) is 6.92 Å². The molecule has 2 unspecified atom stereocenters. The molecule has 0 aromatic carbocycles. The molecule has 4 heteroatoms. The number of hydrogen-bond donors (Lipinski definition) is 1. The number of rotatable bonds is 5. The third-order valence-electron chi connectivity index (χ3n) is 2.60. The summed E-state index contributed by atoms with van der Waals surface area (Å²) < 4.78 is 5.27. The first-order valence-electron chi connectivity index (χ1n) is 5.40. The van der Waals surface area contributed by atoms with Gasteiger partial charge >= 0.3 is 5.97 Å². The van der Waals surface area contributed by atoms with Gasteiger partial charge in [0, 0.05) is 5.25 Å². The number of thioether (sulfide) groups is 1. The average Bonchev–Trinajstić information content (AvgIpc) is 2.65. The largest absolute Gasteiger partial charge is 0.475 e. The molecule has 3 nitrogen and oxygen atoms in total. The lowest BCUT2D eigenvalue weighted by atomic mass is 10.2. The molecule has 0 amide bonds. The Hall–Kier alpha value is -0.900. The van der Waals surface area contributed by atoms with Crippen molar-refractivity contribution in [2.45, 2.75) is 38.2 Å².